The molecule has 1 N–H and O–H groups in total. The van der Waals surface area contributed by atoms with Crippen LogP contribution >= 0.6 is 0 Å². The summed E-state index contributed by atoms with van der Waals surface area (Å²) < 4.78 is 0. The van der Waals surface area contributed by atoms with Gasteiger partial charge in [0.1, 0.15) is 0 Å². The Labute approximate surface area is 118 Å². The summed E-state index contributed by atoms with van der Waals surface area (Å²) in [5, 5.41) is 9.05. The van der Waals surface area contributed by atoms with Gasteiger partial charge in [-0.15, -0.1) is 0 Å². The topological polar surface area (TPSA) is 43.8 Å². The van der Waals surface area contributed by atoms with Crippen LogP contribution in [0.25, 0.3) is 0 Å². The number of carbonyl (C=O) groups excluding carboxylic acids is 1. The van der Waals surface area contributed by atoms with Gasteiger partial charge in [0.15, 0.2) is 0 Å². The lowest BCUT2D eigenvalue weighted by molar-refractivity contribution is -0.133. The van der Waals surface area contributed by atoms with Crippen LogP contribution in [-0.2, 0) is 4.79 Å². The van der Waals surface area contributed by atoms with Crippen LogP contribution in [0.4, 0.5) is 0 Å². The maximum atomic E-state index is 12.3. The third-order valence-corrected chi connectivity index (χ3v) is 3.37. The fourth-order valence-electron chi connectivity index (χ4n) is 1.98. The Morgan fingerprint density at radius 3 is 1.95 bits per heavy atom. The molecule has 0 aromatic rings. The summed E-state index contributed by atoms with van der Waals surface area (Å²) >= 11 is 0. The summed E-state index contributed by atoms with van der Waals surface area (Å²) in [6.45, 7) is 11.2. The van der Waals surface area contributed by atoms with E-state index in [1.807, 2.05) is 9.80 Å². The van der Waals surface area contributed by atoms with Gasteiger partial charge in [-0.05, 0) is 26.7 Å². The highest BCUT2D eigenvalue weighted by atomic mass is 16.3. The monoisotopic (exact) mass is 272 g/mol. The average molecular weight is 272 g/mol. The molecule has 0 radical (unpaired) electrons. The van der Waals surface area contributed by atoms with Crippen molar-refractivity contribution in [2.45, 2.75) is 59.4 Å². The van der Waals surface area contributed by atoms with Crippen LogP contribution in [0.15, 0.2) is 0 Å². The van der Waals surface area contributed by atoms with Gasteiger partial charge in [0.2, 0.25) is 5.91 Å². The van der Waals surface area contributed by atoms with E-state index in [2.05, 4.69) is 27.7 Å². The van der Waals surface area contributed by atoms with Gasteiger partial charge >= 0.3 is 0 Å². The van der Waals surface area contributed by atoms with E-state index in [1.54, 1.807) is 0 Å². The molecule has 0 fully saturated rings. The van der Waals surface area contributed by atoms with Crippen LogP contribution < -0.4 is 0 Å². The zero-order chi connectivity index (χ0) is 14.7. The van der Waals surface area contributed by atoms with E-state index in [9.17, 15) is 4.79 Å². The lowest BCUT2D eigenvalue weighted by atomic mass is 10.2. The number of aliphatic hydroxyl groups excluding tert-OH is 1. The first kappa shape index (κ1) is 18.4. The second-order valence-corrected chi connectivity index (χ2v) is 5.38. The average Bonchev–Trinajstić information content (AvgIpc) is 2.38. The number of hydrogen-bond donors (Lipinski definition) is 1. The van der Waals surface area contributed by atoms with Gasteiger partial charge < -0.3 is 10.0 Å². The molecule has 4 nitrogen and oxygen atoms in total. The molecule has 0 aromatic heterocycles. The lowest BCUT2D eigenvalue weighted by Gasteiger charge is -2.29. The highest BCUT2D eigenvalue weighted by Gasteiger charge is 2.18. The zero-order valence-electron chi connectivity index (χ0n) is 13.2. The summed E-state index contributed by atoms with van der Waals surface area (Å²) in [5.74, 6) is 0.198. The molecular formula is C15H32N2O2. The molecule has 19 heavy (non-hydrogen) atoms. The summed E-state index contributed by atoms with van der Waals surface area (Å²) in [4.78, 5) is 16.4. The van der Waals surface area contributed by atoms with Crippen LogP contribution in [0.3, 0.4) is 0 Å². The number of hydrogen-bond acceptors (Lipinski definition) is 3. The van der Waals surface area contributed by atoms with E-state index in [-0.39, 0.29) is 18.6 Å². The van der Waals surface area contributed by atoms with Crippen LogP contribution in [0.1, 0.15) is 53.4 Å². The highest BCUT2D eigenvalue weighted by Crippen LogP contribution is 2.04. The smallest absolute Gasteiger partial charge is 0.236 e. The first-order chi connectivity index (χ1) is 9.06. The first-order valence-corrected chi connectivity index (χ1v) is 7.69. The molecule has 114 valence electrons. The molecule has 0 aromatic carbocycles. The number of rotatable bonds is 11. The van der Waals surface area contributed by atoms with Gasteiger partial charge in [-0.2, -0.15) is 0 Å². The summed E-state index contributed by atoms with van der Waals surface area (Å²) in [6.07, 6.45) is 4.36. The molecule has 0 saturated carbocycles. The molecule has 0 atom stereocenters. The summed E-state index contributed by atoms with van der Waals surface area (Å²) in [6, 6.07) is 0.287. The third-order valence-electron chi connectivity index (χ3n) is 3.37. The van der Waals surface area contributed by atoms with Crippen molar-refractivity contribution in [3.05, 3.63) is 0 Å². The van der Waals surface area contributed by atoms with Crippen molar-refractivity contribution in [2.24, 2.45) is 0 Å². The minimum absolute atomic E-state index is 0.107. The molecule has 0 saturated heterocycles. The second-order valence-electron chi connectivity index (χ2n) is 5.38. The molecule has 0 unspecified atom stereocenters. The van der Waals surface area contributed by atoms with Gasteiger partial charge in [-0.25, -0.2) is 0 Å². The Morgan fingerprint density at radius 1 is 1.05 bits per heavy atom. The van der Waals surface area contributed by atoms with E-state index in [0.717, 1.165) is 38.8 Å². The van der Waals surface area contributed by atoms with Crippen molar-refractivity contribution in [1.29, 1.82) is 0 Å². The number of nitrogens with zero attached hydrogens (tertiary/aromatic N) is 2. The molecule has 0 aliphatic rings. The molecule has 0 rings (SSSR count). The predicted molar refractivity (Wildman–Crippen MR) is 80.2 cm³/mol. The number of amides is 1. The molecule has 1 amide bonds. The highest BCUT2D eigenvalue weighted by molar-refractivity contribution is 5.78. The van der Waals surface area contributed by atoms with Gasteiger partial charge in [0, 0.05) is 25.7 Å². The fraction of sp³-hybridized carbons (Fsp3) is 0.933. The Kier molecular flexibility index (Phi) is 10.9. The van der Waals surface area contributed by atoms with Gasteiger partial charge in [-0.3, -0.25) is 9.69 Å². The van der Waals surface area contributed by atoms with Gasteiger partial charge in [0.05, 0.1) is 13.2 Å². The van der Waals surface area contributed by atoms with Crippen molar-refractivity contribution in [3.8, 4) is 0 Å². The largest absolute Gasteiger partial charge is 0.395 e. The Hall–Kier alpha value is -0.610. The summed E-state index contributed by atoms with van der Waals surface area (Å²) in [5.41, 5.74) is 0. The normalized spacial score (nSPS) is 11.3. The lowest BCUT2D eigenvalue weighted by Crippen LogP contribution is -2.44. The van der Waals surface area contributed by atoms with Crippen LogP contribution in [0.5, 0.6) is 0 Å². The van der Waals surface area contributed by atoms with Crippen LogP contribution in [-0.4, -0.2) is 59.6 Å². The van der Waals surface area contributed by atoms with E-state index in [4.69, 9.17) is 5.11 Å². The predicted octanol–water partition coefficient (Wildman–Crippen LogP) is 2.12. The van der Waals surface area contributed by atoms with E-state index in [1.165, 1.54) is 0 Å². The minimum Gasteiger partial charge on any atom is -0.395 e. The molecular weight excluding hydrogens is 240 g/mol. The quantitative estimate of drug-likeness (QED) is 0.626. The van der Waals surface area contributed by atoms with Crippen molar-refractivity contribution < 1.29 is 9.90 Å². The molecule has 0 aliphatic carbocycles. The Bertz CT molecular complexity index is 224. The molecule has 0 heterocycles. The third kappa shape index (κ3) is 8.22. The molecule has 0 aliphatic heterocycles. The van der Waals surface area contributed by atoms with Crippen molar-refractivity contribution in [2.75, 3.05) is 32.8 Å². The SMILES string of the molecule is CCCCN(CCCC)C(=O)CN(CCO)C(C)C. The standard InChI is InChI=1S/C15H32N2O2/c1-5-7-9-16(10-8-6-2)15(19)13-17(11-12-18)14(3)4/h14,18H,5-13H2,1-4H3. The van der Waals surface area contributed by atoms with Crippen molar-refractivity contribution in [1.82, 2.24) is 9.80 Å². The second kappa shape index (κ2) is 11.2. The molecule has 0 bridgehead atoms. The van der Waals surface area contributed by atoms with Crippen LogP contribution in [0.2, 0.25) is 0 Å². The van der Waals surface area contributed by atoms with Crippen LogP contribution in [0, 0.1) is 0 Å². The van der Waals surface area contributed by atoms with Crippen molar-refractivity contribution in [3.63, 3.8) is 0 Å². The fourth-order valence-corrected chi connectivity index (χ4v) is 1.98. The maximum Gasteiger partial charge on any atom is 0.236 e. The molecule has 4 heteroatoms. The van der Waals surface area contributed by atoms with Crippen molar-refractivity contribution >= 4 is 5.91 Å². The van der Waals surface area contributed by atoms with E-state index >= 15 is 0 Å². The van der Waals surface area contributed by atoms with Gasteiger partial charge in [0.25, 0.3) is 0 Å². The Morgan fingerprint density at radius 2 is 1.58 bits per heavy atom. The zero-order valence-corrected chi connectivity index (χ0v) is 13.2. The van der Waals surface area contributed by atoms with E-state index in [0.29, 0.717) is 13.1 Å². The number of carbonyl (C=O) groups is 1. The molecule has 0 spiro atoms. The number of aliphatic hydroxyl groups is 1. The Balaban J connectivity index is 4.40. The summed E-state index contributed by atoms with van der Waals surface area (Å²) in [7, 11) is 0. The minimum atomic E-state index is 0.107. The number of unbranched alkanes of at least 4 members (excludes halogenated alkanes) is 2. The maximum absolute atomic E-state index is 12.3. The van der Waals surface area contributed by atoms with E-state index < -0.39 is 0 Å². The first-order valence-electron chi connectivity index (χ1n) is 7.69. The van der Waals surface area contributed by atoms with Gasteiger partial charge in [-0.1, -0.05) is 26.7 Å².